The Morgan fingerprint density at radius 3 is 2.13 bits per heavy atom. The van der Waals surface area contributed by atoms with Gasteiger partial charge in [0.2, 0.25) is 0 Å². The molecule has 6 heteroatoms. The van der Waals surface area contributed by atoms with Crippen LogP contribution in [0, 0.1) is 0 Å². The average Bonchev–Trinajstić information content (AvgIpc) is 2.06. The van der Waals surface area contributed by atoms with Crippen LogP contribution in [0.15, 0.2) is 36.5 Å². The molecular weight excluding hydrogens is 292 g/mol. The summed E-state index contributed by atoms with van der Waals surface area (Å²) in [5, 5.41) is 12.0. The Balaban J connectivity index is -0.000000360. The molecule has 2 aromatic rings. The van der Waals surface area contributed by atoms with Crippen molar-refractivity contribution in [2.24, 2.45) is 0 Å². The second-order valence-electron chi connectivity index (χ2n) is 2.33. The molecule has 78 valence electrons. The number of halogens is 3. The second kappa shape index (κ2) is 9.26. The zero-order valence-electron chi connectivity index (χ0n) is 7.45. The summed E-state index contributed by atoms with van der Waals surface area (Å²) in [5.74, 6) is -0.0110. The molecule has 1 aromatic heterocycles. The van der Waals surface area contributed by atoms with Gasteiger partial charge >= 0.3 is 21.7 Å². The van der Waals surface area contributed by atoms with Gasteiger partial charge in [0.25, 0.3) is 0 Å². The quantitative estimate of drug-likeness (QED) is 0.453. The van der Waals surface area contributed by atoms with Gasteiger partial charge in [0.05, 0.1) is 5.52 Å². The third-order valence-corrected chi connectivity index (χ3v) is 1.60. The fourth-order valence-electron chi connectivity index (χ4n) is 1.08. The van der Waals surface area contributed by atoms with E-state index in [9.17, 15) is 5.11 Å². The Hall–Kier alpha value is 0.0143. The van der Waals surface area contributed by atoms with Crippen molar-refractivity contribution in [3.8, 4) is 5.75 Å². The van der Waals surface area contributed by atoms with Crippen molar-refractivity contribution < 1.29 is 64.0 Å². The minimum atomic E-state index is -0.0110. The second-order valence-corrected chi connectivity index (χ2v) is 2.33. The van der Waals surface area contributed by atoms with Gasteiger partial charge < -0.3 is 42.3 Å². The van der Waals surface area contributed by atoms with Crippen molar-refractivity contribution in [3.63, 3.8) is 0 Å². The van der Waals surface area contributed by atoms with Gasteiger partial charge in [-0.15, -0.1) is 0 Å². The molecule has 1 aromatic carbocycles. The first kappa shape index (κ1) is 20.4. The first-order valence-corrected chi connectivity index (χ1v) is 3.39. The van der Waals surface area contributed by atoms with Crippen LogP contribution in [-0.4, -0.2) is 4.98 Å². The molecule has 0 amide bonds. The van der Waals surface area contributed by atoms with E-state index in [0.717, 1.165) is 5.39 Å². The van der Waals surface area contributed by atoms with Crippen molar-refractivity contribution in [2.75, 3.05) is 0 Å². The number of benzene rings is 1. The minimum Gasteiger partial charge on any atom is -1.00 e. The summed E-state index contributed by atoms with van der Waals surface area (Å²) in [6, 6.07) is 8.84. The maximum atomic E-state index is 11.1. The van der Waals surface area contributed by atoms with Gasteiger partial charge in [-0.1, -0.05) is 30.0 Å². The van der Waals surface area contributed by atoms with Crippen molar-refractivity contribution in [2.45, 2.75) is 0 Å². The van der Waals surface area contributed by atoms with Gasteiger partial charge in [-0.25, -0.2) is 0 Å². The molecule has 2 rings (SSSR count). The van der Waals surface area contributed by atoms with Gasteiger partial charge in [-0.3, -0.25) is 4.98 Å². The number of pyridine rings is 1. The molecule has 0 saturated heterocycles. The standard InChI is InChI=1S/C9H7NO.3ClH.Ti/c11-8-5-1-3-7-4-2-6-10-9(7)8;;;;/h1-6,11H;3*1H;/q;;;;+4/p-4. The average molecular weight is 298 g/mol. The van der Waals surface area contributed by atoms with E-state index in [-0.39, 0.29) is 64.7 Å². The Bertz CT molecular complexity index is 395. The molecule has 0 atom stereocenters. The van der Waals surface area contributed by atoms with Gasteiger partial charge in [-0.2, -0.15) is 0 Å². The van der Waals surface area contributed by atoms with E-state index in [0.29, 0.717) is 5.52 Å². The van der Waals surface area contributed by atoms with Gasteiger partial charge in [0.15, 0.2) is 0 Å². The predicted octanol–water partition coefficient (Wildman–Crippen LogP) is -7.68. The van der Waals surface area contributed by atoms with Crippen molar-refractivity contribution >= 4 is 10.9 Å². The van der Waals surface area contributed by atoms with E-state index in [1.165, 1.54) is 6.07 Å². The zero-order valence-corrected chi connectivity index (χ0v) is 11.3. The number of aromatic nitrogens is 1. The van der Waals surface area contributed by atoms with Crippen LogP contribution in [0.5, 0.6) is 5.75 Å². The fourth-order valence-corrected chi connectivity index (χ4v) is 1.08. The van der Waals surface area contributed by atoms with Crippen LogP contribution in [0.3, 0.4) is 0 Å². The summed E-state index contributed by atoms with van der Waals surface area (Å²) in [4.78, 5) is 3.97. The molecule has 0 unspecified atom stereocenters. The van der Waals surface area contributed by atoms with Crippen molar-refractivity contribution in [3.05, 3.63) is 36.5 Å². The van der Waals surface area contributed by atoms with Crippen LogP contribution in [0.2, 0.25) is 0 Å². The topological polar surface area (TPSA) is 36.0 Å². The van der Waals surface area contributed by atoms with Gasteiger partial charge in [-0.05, 0) is 11.5 Å². The Labute approximate surface area is 122 Å². The molecule has 0 spiro atoms. The van der Waals surface area contributed by atoms with Gasteiger partial charge in [0, 0.05) is 6.20 Å². The van der Waals surface area contributed by atoms with Crippen molar-refractivity contribution in [1.29, 1.82) is 0 Å². The smallest absolute Gasteiger partial charge is 1.00 e. The number of hydrogen-bond acceptors (Lipinski definition) is 2. The Morgan fingerprint density at radius 1 is 0.933 bits per heavy atom. The SMILES string of the molecule is [Cl-].[Cl-].[Cl-].[O-]c1cccc2cccnc12.[Ti+4]. The van der Waals surface area contributed by atoms with Crippen molar-refractivity contribution in [1.82, 2.24) is 4.98 Å². The molecule has 0 aliphatic rings. The Kier molecular flexibility index (Phi) is 12.6. The number of nitrogens with zero attached hydrogens (tertiary/aromatic N) is 1. The van der Waals surface area contributed by atoms with E-state index in [2.05, 4.69) is 4.98 Å². The first-order chi connectivity index (χ1) is 5.38. The largest absolute Gasteiger partial charge is 4.00 e. The molecule has 0 fully saturated rings. The third-order valence-electron chi connectivity index (χ3n) is 1.60. The number of para-hydroxylation sites is 1. The molecule has 15 heavy (non-hydrogen) atoms. The van der Waals surface area contributed by atoms with Gasteiger partial charge in [0.1, 0.15) is 0 Å². The van der Waals surface area contributed by atoms with Crippen LogP contribution in [0.4, 0.5) is 0 Å². The molecule has 2 nitrogen and oxygen atoms in total. The summed E-state index contributed by atoms with van der Waals surface area (Å²) in [5.41, 5.74) is 0.551. The van der Waals surface area contributed by atoms with Crippen LogP contribution in [0.1, 0.15) is 0 Å². The van der Waals surface area contributed by atoms with E-state index < -0.39 is 0 Å². The molecule has 1 heterocycles. The summed E-state index contributed by atoms with van der Waals surface area (Å²) >= 11 is 0. The van der Waals surface area contributed by atoms with E-state index in [1.807, 2.05) is 18.2 Å². The normalized spacial score (nSPS) is 7.47. The van der Waals surface area contributed by atoms with Crippen LogP contribution in [0.25, 0.3) is 10.9 Å². The summed E-state index contributed by atoms with van der Waals surface area (Å²) < 4.78 is 0. The minimum absolute atomic E-state index is 0. The van der Waals surface area contributed by atoms with Crippen LogP contribution in [-0.2, 0) is 21.7 Å². The molecular formula is C9H6Cl3NOTi. The monoisotopic (exact) mass is 297 g/mol. The van der Waals surface area contributed by atoms with E-state index >= 15 is 0 Å². The molecule has 0 bridgehead atoms. The summed E-state index contributed by atoms with van der Waals surface area (Å²) in [6.07, 6.45) is 1.63. The Morgan fingerprint density at radius 2 is 1.53 bits per heavy atom. The number of rotatable bonds is 0. The molecule has 0 saturated carbocycles. The molecule has 0 N–H and O–H groups in total. The van der Waals surface area contributed by atoms with E-state index in [4.69, 9.17) is 0 Å². The summed E-state index contributed by atoms with van der Waals surface area (Å²) in [7, 11) is 0. The summed E-state index contributed by atoms with van der Waals surface area (Å²) in [6.45, 7) is 0. The maximum Gasteiger partial charge on any atom is 4.00 e. The number of fused-ring (bicyclic) bond motifs is 1. The zero-order chi connectivity index (χ0) is 7.68. The molecule has 0 aliphatic heterocycles. The maximum absolute atomic E-state index is 11.1. The third kappa shape index (κ3) is 4.58. The van der Waals surface area contributed by atoms with Crippen LogP contribution < -0.4 is 42.3 Å². The van der Waals surface area contributed by atoms with Crippen LogP contribution >= 0.6 is 0 Å². The molecule has 0 aliphatic carbocycles. The number of hydrogen-bond donors (Lipinski definition) is 0. The molecule has 0 radical (unpaired) electrons. The fraction of sp³-hybridized carbons (Fsp3) is 0. The first-order valence-electron chi connectivity index (χ1n) is 3.39. The van der Waals surface area contributed by atoms with E-state index in [1.54, 1.807) is 12.3 Å². The predicted molar refractivity (Wildman–Crippen MR) is 41.2 cm³/mol.